The van der Waals surface area contributed by atoms with Gasteiger partial charge < -0.3 is 19.9 Å². The fraction of sp³-hybridized carbons (Fsp3) is 0.154. The third-order valence-electron chi connectivity index (χ3n) is 5.19. The van der Waals surface area contributed by atoms with Gasteiger partial charge in [-0.05, 0) is 77.2 Å². The molecule has 0 saturated carbocycles. The smallest absolute Gasteiger partial charge is 0.416 e. The van der Waals surface area contributed by atoms with E-state index in [1.165, 1.54) is 18.2 Å². The van der Waals surface area contributed by atoms with Crippen molar-refractivity contribution in [3.63, 3.8) is 0 Å². The van der Waals surface area contributed by atoms with Crippen molar-refractivity contribution in [2.45, 2.75) is 24.6 Å². The molecule has 0 spiro atoms. The van der Waals surface area contributed by atoms with Gasteiger partial charge in [0.2, 0.25) is 12.2 Å². The number of rotatable bonds is 8. The van der Waals surface area contributed by atoms with E-state index in [0.717, 1.165) is 24.3 Å². The third kappa shape index (κ3) is 8.42. The van der Waals surface area contributed by atoms with Gasteiger partial charge in [-0.3, -0.25) is 4.79 Å². The van der Waals surface area contributed by atoms with Crippen molar-refractivity contribution in [3.8, 4) is 0 Å². The number of ether oxygens (including phenoxy) is 2. The average molecular weight is 695 g/mol. The zero-order chi connectivity index (χ0) is 30.5. The van der Waals surface area contributed by atoms with Crippen LogP contribution in [-0.4, -0.2) is 41.1 Å². The number of alkyl halides is 6. The molecule has 8 nitrogen and oxygen atoms in total. The Kier molecular flexibility index (Phi) is 9.62. The van der Waals surface area contributed by atoms with Crippen LogP contribution in [0, 0.1) is 3.57 Å². The minimum absolute atomic E-state index is 0.0790. The molecule has 3 rings (SSSR count). The Balaban J connectivity index is 1.97. The summed E-state index contributed by atoms with van der Waals surface area (Å²) in [5.41, 5.74) is -3.90. The maximum Gasteiger partial charge on any atom is 0.416 e. The minimum Gasteiger partial charge on any atom is -0.478 e. The van der Waals surface area contributed by atoms with E-state index in [-0.39, 0.29) is 5.69 Å². The van der Waals surface area contributed by atoms with Crippen molar-refractivity contribution >= 4 is 52.1 Å². The summed E-state index contributed by atoms with van der Waals surface area (Å²) < 4.78 is 88.9. The van der Waals surface area contributed by atoms with Crippen LogP contribution in [0.4, 0.5) is 32.0 Å². The van der Waals surface area contributed by atoms with E-state index in [2.05, 4.69) is 5.32 Å². The summed E-state index contributed by atoms with van der Waals surface area (Å²) in [7, 11) is 0. The minimum atomic E-state index is -4.86. The van der Waals surface area contributed by atoms with E-state index in [1.807, 2.05) is 22.6 Å². The van der Waals surface area contributed by atoms with Crippen LogP contribution in [0.2, 0.25) is 0 Å². The SMILES string of the molecule is O=C(O[C@@H](C(=O)O)[C@@H](OC(=O)c1cccc(C(F)(F)F)c1)C(=O)Nc1cccc(I)c1)c1cccc(C(F)(F)F)c1. The number of carboxylic acid groups (broad SMARTS) is 1. The molecule has 0 bridgehead atoms. The van der Waals surface area contributed by atoms with Gasteiger partial charge in [-0.25, -0.2) is 14.4 Å². The number of esters is 2. The average Bonchev–Trinajstić information content (AvgIpc) is 2.89. The Morgan fingerprint density at radius 2 is 1.17 bits per heavy atom. The summed E-state index contributed by atoms with van der Waals surface area (Å²) in [6.45, 7) is 0. The summed E-state index contributed by atoms with van der Waals surface area (Å²) in [5.74, 6) is -6.62. The molecule has 0 aliphatic carbocycles. The number of carboxylic acids is 1. The predicted molar refractivity (Wildman–Crippen MR) is 137 cm³/mol. The number of hydrogen-bond acceptors (Lipinski definition) is 6. The highest BCUT2D eigenvalue weighted by atomic mass is 127. The maximum atomic E-state index is 13.1. The predicted octanol–water partition coefficient (Wildman–Crippen LogP) is 5.80. The number of benzene rings is 3. The van der Waals surface area contributed by atoms with Gasteiger partial charge in [0.05, 0.1) is 22.3 Å². The number of aliphatic carboxylic acids is 1. The Morgan fingerprint density at radius 3 is 1.61 bits per heavy atom. The summed E-state index contributed by atoms with van der Waals surface area (Å²) in [6.07, 6.45) is -14.9. The van der Waals surface area contributed by atoms with Gasteiger partial charge >= 0.3 is 30.3 Å². The summed E-state index contributed by atoms with van der Waals surface area (Å²) >= 11 is 1.89. The number of anilines is 1. The lowest BCUT2D eigenvalue weighted by atomic mass is 10.1. The molecule has 3 aromatic carbocycles. The van der Waals surface area contributed by atoms with E-state index in [0.29, 0.717) is 27.8 Å². The number of amides is 1. The van der Waals surface area contributed by atoms with Gasteiger partial charge in [0, 0.05) is 9.26 Å². The van der Waals surface area contributed by atoms with Gasteiger partial charge in [-0.2, -0.15) is 26.3 Å². The quantitative estimate of drug-likeness (QED) is 0.174. The van der Waals surface area contributed by atoms with Crippen LogP contribution in [0.15, 0.2) is 72.8 Å². The second kappa shape index (κ2) is 12.6. The highest BCUT2D eigenvalue weighted by Crippen LogP contribution is 2.31. The molecule has 0 fully saturated rings. The standard InChI is InChI=1S/C26H16F6INO7/c27-25(28,29)15-6-1-4-13(10-15)23(38)40-19(21(35)34-18-9-3-8-17(33)12-18)20(22(36)37)41-24(39)14-5-2-7-16(11-14)26(30,31)32/h1-12,19-20H,(H,34,35)(H,36,37)/t19-,20-/m1/s1. The Morgan fingerprint density at radius 1 is 0.707 bits per heavy atom. The fourth-order valence-electron chi connectivity index (χ4n) is 3.29. The van der Waals surface area contributed by atoms with Crippen LogP contribution in [0.1, 0.15) is 31.8 Å². The number of nitrogens with one attached hydrogen (secondary N) is 1. The molecule has 0 aliphatic heterocycles. The largest absolute Gasteiger partial charge is 0.478 e. The van der Waals surface area contributed by atoms with Crippen molar-refractivity contribution in [2.24, 2.45) is 0 Å². The van der Waals surface area contributed by atoms with Crippen molar-refractivity contribution in [1.29, 1.82) is 0 Å². The molecule has 0 heterocycles. The van der Waals surface area contributed by atoms with Crippen LogP contribution in [0.25, 0.3) is 0 Å². The van der Waals surface area contributed by atoms with E-state index in [1.54, 1.807) is 6.07 Å². The van der Waals surface area contributed by atoms with E-state index in [9.17, 15) is 50.6 Å². The second-order valence-electron chi connectivity index (χ2n) is 8.15. The van der Waals surface area contributed by atoms with Gasteiger partial charge in [0.25, 0.3) is 5.91 Å². The van der Waals surface area contributed by atoms with Crippen molar-refractivity contribution < 1.29 is 60.1 Å². The van der Waals surface area contributed by atoms with Crippen LogP contribution in [-0.2, 0) is 31.4 Å². The Bertz CT molecular complexity index is 1470. The molecule has 1 amide bonds. The summed E-state index contributed by atoms with van der Waals surface area (Å²) in [6, 6.07) is 11.5. The van der Waals surface area contributed by atoms with Gasteiger partial charge in [-0.1, -0.05) is 18.2 Å². The normalized spacial score (nSPS) is 13.0. The third-order valence-corrected chi connectivity index (χ3v) is 5.86. The van der Waals surface area contributed by atoms with Crippen LogP contribution in [0.3, 0.4) is 0 Å². The highest BCUT2D eigenvalue weighted by molar-refractivity contribution is 14.1. The fourth-order valence-corrected chi connectivity index (χ4v) is 3.83. The first kappa shape index (κ1) is 31.4. The van der Waals surface area contributed by atoms with Crippen molar-refractivity contribution in [1.82, 2.24) is 0 Å². The van der Waals surface area contributed by atoms with Crippen molar-refractivity contribution in [3.05, 3.63) is 98.6 Å². The topological polar surface area (TPSA) is 119 Å². The molecule has 0 aromatic heterocycles. The number of hydrogen-bond donors (Lipinski definition) is 2. The van der Waals surface area contributed by atoms with Gasteiger partial charge in [0.1, 0.15) is 0 Å². The first-order chi connectivity index (χ1) is 19.1. The number of carbonyl (C=O) groups excluding carboxylic acids is 3. The molecule has 216 valence electrons. The monoisotopic (exact) mass is 695 g/mol. The molecular weight excluding hydrogens is 679 g/mol. The summed E-state index contributed by atoms with van der Waals surface area (Å²) in [4.78, 5) is 50.5. The first-order valence-electron chi connectivity index (χ1n) is 11.1. The lowest BCUT2D eigenvalue weighted by Crippen LogP contribution is -2.48. The van der Waals surface area contributed by atoms with Crippen LogP contribution < -0.4 is 5.32 Å². The summed E-state index contributed by atoms with van der Waals surface area (Å²) in [5, 5.41) is 12.0. The van der Waals surface area contributed by atoms with Crippen molar-refractivity contribution in [2.75, 3.05) is 5.32 Å². The molecule has 0 saturated heterocycles. The first-order valence-corrected chi connectivity index (χ1v) is 12.2. The molecule has 41 heavy (non-hydrogen) atoms. The molecule has 0 aliphatic rings. The zero-order valence-electron chi connectivity index (χ0n) is 20.1. The zero-order valence-corrected chi connectivity index (χ0v) is 22.3. The molecule has 2 atom stereocenters. The van der Waals surface area contributed by atoms with E-state index < -0.39 is 70.6 Å². The highest BCUT2D eigenvalue weighted by Gasteiger charge is 2.42. The van der Waals surface area contributed by atoms with Gasteiger partial charge in [0.15, 0.2) is 0 Å². The Labute approximate surface area is 240 Å². The maximum absolute atomic E-state index is 13.1. The van der Waals surface area contributed by atoms with E-state index >= 15 is 0 Å². The molecule has 2 N–H and O–H groups in total. The van der Waals surface area contributed by atoms with Gasteiger partial charge in [-0.15, -0.1) is 0 Å². The number of carbonyl (C=O) groups is 4. The van der Waals surface area contributed by atoms with Crippen LogP contribution >= 0.6 is 22.6 Å². The lowest BCUT2D eigenvalue weighted by Gasteiger charge is -2.24. The molecule has 0 radical (unpaired) electrons. The second-order valence-corrected chi connectivity index (χ2v) is 9.39. The van der Waals surface area contributed by atoms with Crippen LogP contribution in [0.5, 0.6) is 0 Å². The molecule has 3 aromatic rings. The molecular formula is C26H16F6INO7. The molecule has 0 unspecified atom stereocenters. The lowest BCUT2D eigenvalue weighted by molar-refractivity contribution is -0.157. The molecule has 15 heteroatoms. The number of halogens is 7. The Hall–Kier alpha value is -4.15. The van der Waals surface area contributed by atoms with E-state index in [4.69, 9.17) is 9.47 Å².